The zero-order chi connectivity index (χ0) is 24.5. The minimum Gasteiger partial charge on any atom is -0.507 e. The molecule has 5 rings (SSSR count). The van der Waals surface area contributed by atoms with Crippen LogP contribution in [-0.2, 0) is 16.1 Å². The summed E-state index contributed by atoms with van der Waals surface area (Å²) in [4.78, 5) is 42.1. The maximum absolute atomic E-state index is 13.1. The van der Waals surface area contributed by atoms with E-state index in [1.165, 1.54) is 35.2 Å². The molecule has 0 spiro atoms. The Bertz CT molecular complexity index is 1330. The molecule has 1 unspecified atom stereocenters. The van der Waals surface area contributed by atoms with Gasteiger partial charge in [-0.3, -0.25) is 19.7 Å². The average Bonchev–Trinajstić information content (AvgIpc) is 3.60. The van der Waals surface area contributed by atoms with E-state index in [-0.39, 0.29) is 35.9 Å². The first-order valence-electron chi connectivity index (χ1n) is 10.8. The number of nitro benzene ring substituents is 1. The number of aliphatic hydroxyl groups is 1. The number of non-ortho nitro benzene ring substituents is 1. The van der Waals surface area contributed by atoms with Gasteiger partial charge in [0, 0.05) is 43.2 Å². The fraction of sp³-hybridized carbons (Fsp3) is 0.208. The van der Waals surface area contributed by atoms with Crippen LogP contribution < -0.4 is 9.47 Å². The van der Waals surface area contributed by atoms with E-state index in [2.05, 4.69) is 4.98 Å². The number of aliphatic hydroxyl groups excluding tert-OH is 1. The van der Waals surface area contributed by atoms with Crippen LogP contribution in [0.4, 0.5) is 5.69 Å². The van der Waals surface area contributed by atoms with Gasteiger partial charge in [0.1, 0.15) is 5.76 Å². The van der Waals surface area contributed by atoms with Crippen LogP contribution >= 0.6 is 0 Å². The van der Waals surface area contributed by atoms with Gasteiger partial charge in [-0.25, -0.2) is 4.98 Å². The molecule has 1 aromatic heterocycles. The normalized spacial score (nSPS) is 18.3. The molecule has 11 heteroatoms. The Morgan fingerprint density at radius 3 is 2.60 bits per heavy atom. The SMILES string of the molecule is O=C1C(=O)N(CCCn2ccnc2)C(c2ccc([N+](=O)[O-])cc2)C1=C(O)c1ccc2c(c1)OCO2. The Balaban J connectivity index is 1.54. The van der Waals surface area contributed by atoms with Gasteiger partial charge in [0.2, 0.25) is 6.79 Å². The van der Waals surface area contributed by atoms with Crippen LogP contribution in [0.3, 0.4) is 0 Å². The van der Waals surface area contributed by atoms with Crippen LogP contribution in [0.5, 0.6) is 11.5 Å². The molecule has 1 saturated heterocycles. The Morgan fingerprint density at radius 2 is 1.89 bits per heavy atom. The van der Waals surface area contributed by atoms with Crippen molar-refractivity contribution < 1.29 is 29.1 Å². The van der Waals surface area contributed by atoms with Gasteiger partial charge in [-0.15, -0.1) is 0 Å². The van der Waals surface area contributed by atoms with E-state index in [0.717, 1.165) is 0 Å². The summed E-state index contributed by atoms with van der Waals surface area (Å²) in [6.45, 7) is 0.837. The van der Waals surface area contributed by atoms with Crippen molar-refractivity contribution in [1.29, 1.82) is 0 Å². The number of Topliss-reactive ketones (excluding diaryl/α,β-unsaturated/α-hetero) is 1. The summed E-state index contributed by atoms with van der Waals surface area (Å²) in [6, 6.07) is 9.40. The number of nitrogens with zero attached hydrogens (tertiary/aromatic N) is 4. The van der Waals surface area contributed by atoms with Crippen molar-refractivity contribution in [2.75, 3.05) is 13.3 Å². The minimum absolute atomic E-state index is 0.0453. The number of nitro groups is 1. The molecule has 0 bridgehead atoms. The van der Waals surface area contributed by atoms with Gasteiger partial charge in [-0.05, 0) is 42.3 Å². The number of imidazole rings is 1. The number of aryl methyl sites for hydroxylation is 1. The predicted octanol–water partition coefficient (Wildman–Crippen LogP) is 3.03. The third kappa shape index (κ3) is 4.07. The number of likely N-dealkylation sites (tertiary alicyclic amines) is 1. The van der Waals surface area contributed by atoms with Crippen molar-refractivity contribution in [2.45, 2.75) is 19.0 Å². The molecule has 3 aromatic rings. The second-order valence-electron chi connectivity index (χ2n) is 8.06. The quantitative estimate of drug-likeness (QED) is 0.181. The zero-order valence-electron chi connectivity index (χ0n) is 18.4. The molecule has 1 amide bonds. The summed E-state index contributed by atoms with van der Waals surface area (Å²) in [6.07, 6.45) is 5.62. The Kier molecular flexibility index (Phi) is 5.65. The molecular weight excluding hydrogens is 456 g/mol. The molecule has 11 nitrogen and oxygen atoms in total. The maximum atomic E-state index is 13.1. The Labute approximate surface area is 199 Å². The summed E-state index contributed by atoms with van der Waals surface area (Å²) < 4.78 is 12.5. The molecule has 2 aliphatic heterocycles. The van der Waals surface area contributed by atoms with Crippen LogP contribution in [0.1, 0.15) is 23.6 Å². The van der Waals surface area contributed by atoms with Crippen molar-refractivity contribution in [3.05, 3.63) is 88.0 Å². The first-order chi connectivity index (χ1) is 16.9. The number of carbonyl (C=O) groups is 2. The molecule has 2 aromatic carbocycles. The largest absolute Gasteiger partial charge is 0.507 e. The number of ether oxygens (including phenoxy) is 2. The smallest absolute Gasteiger partial charge is 0.295 e. The summed E-state index contributed by atoms with van der Waals surface area (Å²) in [5.74, 6) is -1.02. The molecule has 1 N–H and O–H groups in total. The number of aromatic nitrogens is 2. The number of hydrogen-bond donors (Lipinski definition) is 1. The van der Waals surface area contributed by atoms with Crippen molar-refractivity contribution >= 4 is 23.1 Å². The van der Waals surface area contributed by atoms with E-state index in [1.807, 2.05) is 4.57 Å². The molecule has 0 radical (unpaired) electrons. The highest BCUT2D eigenvalue weighted by atomic mass is 16.7. The van der Waals surface area contributed by atoms with E-state index < -0.39 is 22.7 Å². The Morgan fingerprint density at radius 1 is 1.11 bits per heavy atom. The highest BCUT2D eigenvalue weighted by Gasteiger charge is 2.46. The number of fused-ring (bicyclic) bond motifs is 1. The average molecular weight is 476 g/mol. The number of carbonyl (C=O) groups excluding carboxylic acids is 2. The molecule has 1 fully saturated rings. The summed E-state index contributed by atoms with van der Waals surface area (Å²) in [7, 11) is 0. The van der Waals surface area contributed by atoms with E-state index in [0.29, 0.717) is 30.0 Å². The molecule has 0 saturated carbocycles. The summed E-state index contributed by atoms with van der Waals surface area (Å²) in [5, 5.41) is 22.3. The van der Waals surface area contributed by atoms with Gasteiger partial charge < -0.3 is 24.0 Å². The second kappa shape index (κ2) is 8.93. The van der Waals surface area contributed by atoms with Crippen LogP contribution in [-0.4, -0.2) is 49.5 Å². The number of benzene rings is 2. The van der Waals surface area contributed by atoms with Crippen molar-refractivity contribution in [2.24, 2.45) is 0 Å². The van der Waals surface area contributed by atoms with E-state index in [1.54, 1.807) is 30.9 Å². The zero-order valence-corrected chi connectivity index (χ0v) is 18.4. The van der Waals surface area contributed by atoms with Gasteiger partial charge in [0.05, 0.1) is 22.9 Å². The molecule has 2 aliphatic rings. The number of rotatable bonds is 7. The molecule has 178 valence electrons. The van der Waals surface area contributed by atoms with Crippen LogP contribution in [0.15, 0.2) is 66.8 Å². The molecule has 3 heterocycles. The third-order valence-corrected chi connectivity index (χ3v) is 5.98. The molecule has 35 heavy (non-hydrogen) atoms. The summed E-state index contributed by atoms with van der Waals surface area (Å²) in [5.41, 5.74) is 0.546. The lowest BCUT2D eigenvalue weighted by atomic mass is 9.95. The third-order valence-electron chi connectivity index (χ3n) is 5.98. The molecule has 1 atom stereocenters. The lowest BCUT2D eigenvalue weighted by Crippen LogP contribution is -2.31. The monoisotopic (exact) mass is 476 g/mol. The number of ketones is 1. The van der Waals surface area contributed by atoms with Crippen LogP contribution in [0.25, 0.3) is 5.76 Å². The lowest BCUT2D eigenvalue weighted by Gasteiger charge is -2.25. The highest BCUT2D eigenvalue weighted by Crippen LogP contribution is 2.41. The fourth-order valence-corrected chi connectivity index (χ4v) is 4.28. The van der Waals surface area contributed by atoms with Crippen molar-refractivity contribution in [3.63, 3.8) is 0 Å². The molecule has 0 aliphatic carbocycles. The molecular formula is C24H20N4O7. The summed E-state index contributed by atoms with van der Waals surface area (Å²) >= 11 is 0. The maximum Gasteiger partial charge on any atom is 0.295 e. The number of amides is 1. The second-order valence-corrected chi connectivity index (χ2v) is 8.06. The van der Waals surface area contributed by atoms with Crippen LogP contribution in [0.2, 0.25) is 0 Å². The van der Waals surface area contributed by atoms with Gasteiger partial charge in [0.15, 0.2) is 11.5 Å². The van der Waals surface area contributed by atoms with E-state index >= 15 is 0 Å². The first kappa shape index (κ1) is 22.1. The standard InChI is InChI=1S/C24H20N4O7/c29-22(16-4-7-18-19(12-16)35-14-34-18)20-21(15-2-5-17(6-3-15)28(32)33)27(24(31)23(20)30)10-1-9-26-11-8-25-13-26/h2-8,11-13,21,29H,1,9-10,14H2. The first-order valence-corrected chi connectivity index (χ1v) is 10.8. The van der Waals surface area contributed by atoms with E-state index in [9.17, 15) is 24.8 Å². The predicted molar refractivity (Wildman–Crippen MR) is 122 cm³/mol. The van der Waals surface area contributed by atoms with Gasteiger partial charge >= 0.3 is 0 Å². The van der Waals surface area contributed by atoms with Crippen molar-refractivity contribution in [1.82, 2.24) is 14.5 Å². The topological polar surface area (TPSA) is 137 Å². The lowest BCUT2D eigenvalue weighted by molar-refractivity contribution is -0.384. The Hall–Kier alpha value is -4.67. The number of hydrogen-bond acceptors (Lipinski definition) is 8. The fourth-order valence-electron chi connectivity index (χ4n) is 4.28. The minimum atomic E-state index is -0.913. The van der Waals surface area contributed by atoms with E-state index in [4.69, 9.17) is 9.47 Å². The van der Waals surface area contributed by atoms with Crippen LogP contribution in [0, 0.1) is 10.1 Å². The highest BCUT2D eigenvalue weighted by molar-refractivity contribution is 6.46. The van der Waals surface area contributed by atoms with Gasteiger partial charge in [-0.2, -0.15) is 0 Å². The van der Waals surface area contributed by atoms with Crippen molar-refractivity contribution in [3.8, 4) is 11.5 Å². The van der Waals surface area contributed by atoms with Gasteiger partial charge in [0.25, 0.3) is 17.4 Å². The van der Waals surface area contributed by atoms with Gasteiger partial charge in [-0.1, -0.05) is 0 Å².